The van der Waals surface area contributed by atoms with Crippen LogP contribution < -0.4 is 9.64 Å². The summed E-state index contributed by atoms with van der Waals surface area (Å²) in [6, 6.07) is 0. The normalized spacial score (nSPS) is 20.8. The summed E-state index contributed by atoms with van der Waals surface area (Å²) in [5.74, 6) is 0.983. The van der Waals surface area contributed by atoms with Gasteiger partial charge in [0.25, 0.3) is 0 Å². The Labute approximate surface area is 78.3 Å². The van der Waals surface area contributed by atoms with Crippen molar-refractivity contribution in [3.05, 3.63) is 18.0 Å². The van der Waals surface area contributed by atoms with Gasteiger partial charge in [-0.15, -0.1) is 0 Å². The van der Waals surface area contributed by atoms with Gasteiger partial charge in [0, 0.05) is 18.8 Å². The fourth-order valence-electron chi connectivity index (χ4n) is 1.69. The summed E-state index contributed by atoms with van der Waals surface area (Å²) < 4.78 is 5.75. The van der Waals surface area contributed by atoms with Gasteiger partial charge in [-0.1, -0.05) is 0 Å². The Balaban J connectivity index is 2.49. The standard InChI is InChI=1S/C10H14N2O/c1-7-4-11-5-9-10(7)13-8(2)6-12(9)3/h4-5,8H,6H2,1-3H3. The first-order valence-electron chi connectivity index (χ1n) is 4.51. The number of hydrogen-bond donors (Lipinski definition) is 0. The molecule has 1 aromatic rings. The maximum absolute atomic E-state index is 5.75. The molecule has 0 aliphatic carbocycles. The third kappa shape index (κ3) is 1.34. The molecule has 0 fully saturated rings. The van der Waals surface area contributed by atoms with Crippen molar-refractivity contribution in [1.82, 2.24) is 4.98 Å². The van der Waals surface area contributed by atoms with E-state index in [0.717, 1.165) is 23.5 Å². The van der Waals surface area contributed by atoms with Crippen LogP contribution in [-0.4, -0.2) is 24.7 Å². The monoisotopic (exact) mass is 178 g/mol. The van der Waals surface area contributed by atoms with E-state index in [1.165, 1.54) is 0 Å². The van der Waals surface area contributed by atoms with Crippen molar-refractivity contribution < 1.29 is 4.74 Å². The predicted molar refractivity (Wildman–Crippen MR) is 52.3 cm³/mol. The van der Waals surface area contributed by atoms with Gasteiger partial charge in [-0.05, 0) is 13.8 Å². The van der Waals surface area contributed by atoms with Gasteiger partial charge in [-0.2, -0.15) is 0 Å². The Hall–Kier alpha value is -1.25. The van der Waals surface area contributed by atoms with Crippen LogP contribution in [-0.2, 0) is 0 Å². The van der Waals surface area contributed by atoms with Crippen molar-refractivity contribution in [3.63, 3.8) is 0 Å². The van der Waals surface area contributed by atoms with E-state index in [4.69, 9.17) is 4.74 Å². The number of hydrogen-bond acceptors (Lipinski definition) is 3. The lowest BCUT2D eigenvalue weighted by atomic mass is 10.2. The fourth-order valence-corrected chi connectivity index (χ4v) is 1.69. The molecule has 3 nitrogen and oxygen atoms in total. The summed E-state index contributed by atoms with van der Waals surface area (Å²) in [5.41, 5.74) is 2.20. The second-order valence-electron chi connectivity index (χ2n) is 3.61. The quantitative estimate of drug-likeness (QED) is 0.603. The van der Waals surface area contributed by atoms with Crippen LogP contribution in [0.1, 0.15) is 12.5 Å². The highest BCUT2D eigenvalue weighted by Crippen LogP contribution is 2.34. The second kappa shape index (κ2) is 2.91. The second-order valence-corrected chi connectivity index (χ2v) is 3.61. The lowest BCUT2D eigenvalue weighted by molar-refractivity contribution is 0.213. The molecule has 3 heteroatoms. The van der Waals surface area contributed by atoms with E-state index in [-0.39, 0.29) is 6.10 Å². The van der Waals surface area contributed by atoms with E-state index in [0.29, 0.717) is 0 Å². The Morgan fingerprint density at radius 1 is 1.54 bits per heavy atom. The lowest BCUT2D eigenvalue weighted by Gasteiger charge is -2.32. The lowest BCUT2D eigenvalue weighted by Crippen LogP contribution is -2.35. The molecule has 1 atom stereocenters. The van der Waals surface area contributed by atoms with Gasteiger partial charge in [-0.3, -0.25) is 4.98 Å². The summed E-state index contributed by atoms with van der Waals surface area (Å²) in [7, 11) is 2.07. The SMILES string of the molecule is Cc1cncc2c1OC(C)CN2C. The molecular formula is C10H14N2O. The van der Waals surface area contributed by atoms with Crippen molar-refractivity contribution in [1.29, 1.82) is 0 Å². The van der Waals surface area contributed by atoms with Crippen LogP contribution in [0.15, 0.2) is 12.4 Å². The van der Waals surface area contributed by atoms with E-state index in [9.17, 15) is 0 Å². The number of likely N-dealkylation sites (N-methyl/N-ethyl adjacent to an activating group) is 1. The molecule has 0 spiro atoms. The molecule has 13 heavy (non-hydrogen) atoms. The number of ether oxygens (including phenoxy) is 1. The third-order valence-corrected chi connectivity index (χ3v) is 2.32. The van der Waals surface area contributed by atoms with Crippen LogP contribution in [0.4, 0.5) is 5.69 Å². The maximum atomic E-state index is 5.75. The molecule has 0 amide bonds. The van der Waals surface area contributed by atoms with Crippen LogP contribution in [0.5, 0.6) is 5.75 Å². The average molecular weight is 178 g/mol. The summed E-state index contributed by atoms with van der Waals surface area (Å²) in [5, 5.41) is 0. The molecule has 0 bridgehead atoms. The maximum Gasteiger partial charge on any atom is 0.149 e. The molecule has 0 N–H and O–H groups in total. The first-order chi connectivity index (χ1) is 6.18. The van der Waals surface area contributed by atoms with Crippen molar-refractivity contribution in [2.45, 2.75) is 20.0 Å². The van der Waals surface area contributed by atoms with Crippen molar-refractivity contribution in [2.24, 2.45) is 0 Å². The number of fused-ring (bicyclic) bond motifs is 1. The minimum Gasteiger partial charge on any atom is -0.486 e. The van der Waals surface area contributed by atoms with Gasteiger partial charge in [0.05, 0.1) is 18.4 Å². The molecule has 70 valence electrons. The average Bonchev–Trinajstić information content (AvgIpc) is 2.07. The molecule has 2 heterocycles. The number of rotatable bonds is 0. The van der Waals surface area contributed by atoms with Gasteiger partial charge in [0.15, 0.2) is 0 Å². The molecule has 1 aliphatic rings. The first kappa shape index (κ1) is 8.35. The minimum absolute atomic E-state index is 0.263. The van der Waals surface area contributed by atoms with E-state index in [1.54, 1.807) is 0 Å². The van der Waals surface area contributed by atoms with E-state index in [1.807, 2.05) is 19.3 Å². The molecule has 0 saturated heterocycles. The Morgan fingerprint density at radius 2 is 2.31 bits per heavy atom. The van der Waals surface area contributed by atoms with Gasteiger partial charge in [-0.25, -0.2) is 0 Å². The molecule has 0 radical (unpaired) electrons. The number of pyridine rings is 1. The minimum atomic E-state index is 0.263. The van der Waals surface area contributed by atoms with Gasteiger partial charge in [0.1, 0.15) is 11.9 Å². The highest BCUT2D eigenvalue weighted by Gasteiger charge is 2.21. The highest BCUT2D eigenvalue weighted by molar-refractivity contribution is 5.60. The summed E-state index contributed by atoms with van der Waals surface area (Å²) in [6.07, 6.45) is 3.96. The van der Waals surface area contributed by atoms with Gasteiger partial charge in [0.2, 0.25) is 0 Å². The zero-order valence-corrected chi connectivity index (χ0v) is 8.24. The number of aromatic nitrogens is 1. The number of aryl methyl sites for hydroxylation is 1. The van der Waals surface area contributed by atoms with Crippen molar-refractivity contribution in [3.8, 4) is 5.75 Å². The van der Waals surface area contributed by atoms with Crippen LogP contribution >= 0.6 is 0 Å². The Kier molecular flexibility index (Phi) is 1.87. The van der Waals surface area contributed by atoms with E-state index < -0.39 is 0 Å². The summed E-state index contributed by atoms with van der Waals surface area (Å²) in [4.78, 5) is 6.34. The smallest absolute Gasteiger partial charge is 0.149 e. The van der Waals surface area contributed by atoms with E-state index >= 15 is 0 Å². The first-order valence-corrected chi connectivity index (χ1v) is 4.51. The molecule has 2 rings (SSSR count). The zero-order valence-electron chi connectivity index (χ0n) is 8.24. The molecule has 0 saturated carbocycles. The molecule has 1 unspecified atom stereocenters. The molecule has 1 aromatic heterocycles. The summed E-state index contributed by atoms with van der Waals surface area (Å²) in [6.45, 7) is 5.04. The van der Waals surface area contributed by atoms with Crippen LogP contribution in [0.3, 0.4) is 0 Å². The van der Waals surface area contributed by atoms with Crippen LogP contribution in [0.25, 0.3) is 0 Å². The molecule has 0 aromatic carbocycles. The molecular weight excluding hydrogens is 164 g/mol. The zero-order chi connectivity index (χ0) is 9.42. The van der Waals surface area contributed by atoms with Gasteiger partial charge >= 0.3 is 0 Å². The Morgan fingerprint density at radius 3 is 3.08 bits per heavy atom. The van der Waals surface area contributed by atoms with Gasteiger partial charge < -0.3 is 9.64 Å². The van der Waals surface area contributed by atoms with Crippen LogP contribution in [0, 0.1) is 6.92 Å². The fraction of sp³-hybridized carbons (Fsp3) is 0.500. The van der Waals surface area contributed by atoms with Crippen molar-refractivity contribution >= 4 is 5.69 Å². The van der Waals surface area contributed by atoms with Crippen LogP contribution in [0.2, 0.25) is 0 Å². The van der Waals surface area contributed by atoms with E-state index in [2.05, 4.69) is 23.9 Å². The third-order valence-electron chi connectivity index (χ3n) is 2.32. The topological polar surface area (TPSA) is 25.4 Å². The number of anilines is 1. The highest BCUT2D eigenvalue weighted by atomic mass is 16.5. The van der Waals surface area contributed by atoms with Crippen molar-refractivity contribution in [2.75, 3.05) is 18.5 Å². The largest absolute Gasteiger partial charge is 0.486 e. The molecule has 1 aliphatic heterocycles. The summed E-state index contributed by atoms with van der Waals surface area (Å²) >= 11 is 0. The predicted octanol–water partition coefficient (Wildman–Crippen LogP) is 1.61. The number of nitrogens with zero attached hydrogens (tertiary/aromatic N) is 2. The Bertz CT molecular complexity index is 325.